The third kappa shape index (κ3) is 27.4. The lowest BCUT2D eigenvalue weighted by molar-refractivity contribution is -0.144. The Hall–Kier alpha value is -6.34. The molecule has 0 spiro atoms. The number of primary amides is 2. The normalized spacial score (nSPS) is 14.8. The van der Waals surface area contributed by atoms with Gasteiger partial charge in [0.15, 0.2) is 5.96 Å². The molecular weight excluding hydrogens is 1090 g/mol. The van der Waals surface area contributed by atoms with E-state index in [1.165, 1.54) is 0 Å². The second-order valence-electron chi connectivity index (χ2n) is 16.4. The number of nitrogens with two attached hydrogens (primary N) is 5. The van der Waals surface area contributed by atoms with E-state index < -0.39 is 199 Å². The Balaban J connectivity index is 6.32. The highest BCUT2D eigenvalue weighted by Gasteiger charge is 2.35. The summed E-state index contributed by atoms with van der Waals surface area (Å²) < 4.78 is 0. The van der Waals surface area contributed by atoms with E-state index in [9.17, 15) is 77.6 Å². The van der Waals surface area contributed by atoms with Gasteiger partial charge in [-0.05, 0) is 45.1 Å². The van der Waals surface area contributed by atoms with Gasteiger partial charge in [-0.2, -0.15) is 50.5 Å². The molecule has 32 nitrogen and oxygen atoms in total. The van der Waals surface area contributed by atoms with Gasteiger partial charge in [-0.1, -0.05) is 0 Å². The maximum Gasteiger partial charge on any atom is 0.328 e. The van der Waals surface area contributed by atoms with Gasteiger partial charge >= 0.3 is 11.9 Å². The quantitative estimate of drug-likeness (QED) is 0.0118. The Bertz CT molecular complexity index is 2070. The molecule has 76 heavy (non-hydrogen) atoms. The molecule has 0 bridgehead atoms. The van der Waals surface area contributed by atoms with E-state index in [0.29, 0.717) is 6.42 Å². The molecule has 0 aromatic carbocycles. The number of aliphatic hydroxyl groups is 1. The largest absolute Gasteiger partial charge is 0.481 e. The molecule has 0 rings (SSSR count). The maximum absolute atomic E-state index is 13.9. The third-order valence-corrected chi connectivity index (χ3v) is 11.8. The smallest absolute Gasteiger partial charge is 0.328 e. The number of thiol groups is 4. The molecule has 36 heteroatoms. The third-order valence-electron chi connectivity index (χ3n) is 10.3. The minimum atomic E-state index is -1.82. The summed E-state index contributed by atoms with van der Waals surface area (Å²) in [6.45, 7) is -0.877. The van der Waals surface area contributed by atoms with Gasteiger partial charge in [0.25, 0.3) is 0 Å². The highest BCUT2D eigenvalue weighted by molar-refractivity contribution is 7.80. The van der Waals surface area contributed by atoms with Gasteiger partial charge in [0.2, 0.25) is 65.0 Å². The number of carboxylic acid groups (broad SMARTS) is 2. The molecule has 11 amide bonds. The summed E-state index contributed by atoms with van der Waals surface area (Å²) in [5.41, 5.74) is 26.9. The predicted octanol–water partition coefficient (Wildman–Crippen LogP) is -9.52. The van der Waals surface area contributed by atoms with Crippen molar-refractivity contribution in [3.05, 3.63) is 0 Å². The monoisotopic (exact) mass is 1160 g/mol. The molecule has 0 unspecified atom stereocenters. The van der Waals surface area contributed by atoms with E-state index in [0.717, 1.165) is 0 Å². The minimum absolute atomic E-state index is 0.00659. The number of unbranched alkanes of at least 4 members (excludes halogenated alkanes) is 1. The SMILES string of the molecule is N=C(N)NCCC[C@H](NC(=O)[C@H](CCCCN)NC(=O)[C@H](CS)NC(=O)[C@H](CS)NC(=O)[C@H](CS)NC(=O)[C@H](CS)NC(=O)[C@H](CC(N)=O)NC(=O)[C@@H](N)CC(N)=O)C(=O)N[C@@H](CCC(=O)O)C(=O)N[C@@H](CO)C(=O)O. The average Bonchev–Trinajstić information content (AvgIpc) is 3.35. The molecule has 0 aliphatic carbocycles. The van der Waals surface area contributed by atoms with Crippen molar-refractivity contribution in [2.24, 2.45) is 28.7 Å². The van der Waals surface area contributed by atoms with E-state index in [-0.39, 0.29) is 38.8 Å². The van der Waals surface area contributed by atoms with Crippen LogP contribution in [-0.2, 0) is 62.3 Å². The van der Waals surface area contributed by atoms with Crippen molar-refractivity contribution in [3.8, 4) is 0 Å². The van der Waals surface area contributed by atoms with Crippen LogP contribution in [0.15, 0.2) is 0 Å². The van der Waals surface area contributed by atoms with Crippen LogP contribution in [0, 0.1) is 5.41 Å². The Morgan fingerprint density at radius 3 is 1.11 bits per heavy atom. The number of carbonyl (C=O) groups is 13. The fraction of sp³-hybridized carbons (Fsp3) is 0.650. The standard InChI is InChI=1S/C40H70N16O16S4/c41-8-2-1-4-18(31(63)48-19(5-3-9-47-40(45)46)32(64)50-20(6-7-29(60)61)33(65)52-22(12-57)39(71)72)49-35(67)23(13-73)54-37(69)25(15-75)56-38(70)26(16-76)55-36(68)24(14-74)53-34(66)21(11-28(44)59)51-30(62)17(42)10-27(43)58/h17-26,57,73-76H,1-16,41-42H2,(H2,43,58)(H2,44,59)(H,48,63)(H,49,67)(H,50,64)(H,51,62)(H,52,65)(H,53,66)(H,54,69)(H,55,68)(H,56,70)(H,60,61)(H,71,72)(H4,45,46,47)/t17-,18-,19-,20-,21-,22-,23-,24-,25-,26-/m0/s1. The van der Waals surface area contributed by atoms with Gasteiger partial charge in [0, 0.05) is 36.0 Å². The van der Waals surface area contributed by atoms with Crippen LogP contribution in [0.5, 0.6) is 0 Å². The molecule has 0 radical (unpaired) electrons. The summed E-state index contributed by atoms with van der Waals surface area (Å²) in [6.07, 6.45) is -2.27. The second kappa shape index (κ2) is 37.4. The lowest BCUT2D eigenvalue weighted by atomic mass is 10.0. The zero-order valence-corrected chi connectivity index (χ0v) is 44.5. The summed E-state index contributed by atoms with van der Waals surface area (Å²) in [6, 6.07) is -15.7. The first-order valence-electron chi connectivity index (χ1n) is 23.0. The van der Waals surface area contributed by atoms with Gasteiger partial charge in [-0.15, -0.1) is 0 Å². The number of carboxylic acids is 2. The van der Waals surface area contributed by atoms with Gasteiger partial charge < -0.3 is 97.2 Å². The zero-order chi connectivity index (χ0) is 58.2. The fourth-order valence-electron chi connectivity index (χ4n) is 6.24. The fourth-order valence-corrected chi connectivity index (χ4v) is 7.26. The summed E-state index contributed by atoms with van der Waals surface area (Å²) >= 11 is 16.4. The number of aliphatic carboxylic acids is 2. The van der Waals surface area contributed by atoms with E-state index in [2.05, 4.69) is 98.4 Å². The zero-order valence-electron chi connectivity index (χ0n) is 40.9. The highest BCUT2D eigenvalue weighted by Crippen LogP contribution is 2.08. The van der Waals surface area contributed by atoms with Crippen molar-refractivity contribution in [1.82, 2.24) is 53.2 Å². The molecule has 0 fully saturated rings. The first-order valence-corrected chi connectivity index (χ1v) is 25.6. The lowest BCUT2D eigenvalue weighted by Crippen LogP contribution is -2.61. The van der Waals surface area contributed by atoms with Crippen LogP contribution < -0.4 is 81.8 Å². The summed E-state index contributed by atoms with van der Waals surface area (Å²) in [5.74, 6) is -16.4. The summed E-state index contributed by atoms with van der Waals surface area (Å²) in [5, 5.41) is 58.5. The number of rotatable bonds is 39. The summed E-state index contributed by atoms with van der Waals surface area (Å²) in [4.78, 5) is 166. The van der Waals surface area contributed by atoms with E-state index in [1.807, 2.05) is 5.32 Å². The highest BCUT2D eigenvalue weighted by atomic mass is 32.1. The van der Waals surface area contributed by atoms with Crippen molar-refractivity contribution in [1.29, 1.82) is 5.41 Å². The van der Waals surface area contributed by atoms with Gasteiger partial charge in [-0.3, -0.25) is 62.9 Å². The predicted molar refractivity (Wildman–Crippen MR) is 282 cm³/mol. The number of aliphatic hydroxyl groups excluding tert-OH is 1. The van der Waals surface area contributed by atoms with Crippen LogP contribution >= 0.6 is 50.5 Å². The Morgan fingerprint density at radius 1 is 0.447 bits per heavy atom. The van der Waals surface area contributed by atoms with E-state index in [4.69, 9.17) is 34.1 Å². The van der Waals surface area contributed by atoms with Crippen molar-refractivity contribution >= 4 is 133 Å². The summed E-state index contributed by atoms with van der Waals surface area (Å²) in [7, 11) is 0. The average molecular weight is 1160 g/mol. The Morgan fingerprint density at radius 2 is 0.776 bits per heavy atom. The molecule has 24 N–H and O–H groups in total. The maximum atomic E-state index is 13.9. The first kappa shape index (κ1) is 69.7. The minimum Gasteiger partial charge on any atom is -0.481 e. The van der Waals surface area contributed by atoms with Crippen molar-refractivity contribution in [3.63, 3.8) is 0 Å². The van der Waals surface area contributed by atoms with Gasteiger partial charge in [-0.25, -0.2) is 4.79 Å². The van der Waals surface area contributed by atoms with Crippen LogP contribution in [0.4, 0.5) is 0 Å². The molecule has 0 aliphatic rings. The topological polar surface area (TPSA) is 557 Å². The van der Waals surface area contributed by atoms with Crippen molar-refractivity contribution in [2.75, 3.05) is 42.7 Å². The number of hydrogen-bond acceptors (Lipinski definition) is 21. The number of guanidine groups is 1. The van der Waals surface area contributed by atoms with E-state index in [1.54, 1.807) is 0 Å². The van der Waals surface area contributed by atoms with Crippen LogP contribution in [0.1, 0.15) is 57.8 Å². The second-order valence-corrected chi connectivity index (χ2v) is 17.9. The van der Waals surface area contributed by atoms with Crippen LogP contribution in [0.2, 0.25) is 0 Å². The molecule has 0 aromatic heterocycles. The molecule has 0 saturated heterocycles. The number of amides is 11. The Labute approximate surface area is 457 Å². The van der Waals surface area contributed by atoms with Crippen molar-refractivity contribution in [2.45, 2.75) is 118 Å². The molecule has 430 valence electrons. The number of hydrogen-bond donors (Lipinski definition) is 23. The number of nitrogens with one attached hydrogen (secondary N) is 11. The molecule has 0 aliphatic heterocycles. The molecule has 0 heterocycles. The van der Waals surface area contributed by atoms with Crippen LogP contribution in [-0.4, -0.2) is 201 Å². The first-order chi connectivity index (χ1) is 35.7. The Kier molecular flexibility index (Phi) is 34.3. The lowest BCUT2D eigenvalue weighted by Gasteiger charge is -2.27. The van der Waals surface area contributed by atoms with Crippen molar-refractivity contribution < 1.29 is 77.6 Å². The van der Waals surface area contributed by atoms with E-state index >= 15 is 0 Å². The number of carbonyl (C=O) groups excluding carboxylic acids is 11. The molecule has 10 atom stereocenters. The van der Waals surface area contributed by atoms with Crippen LogP contribution in [0.3, 0.4) is 0 Å². The molecule has 0 saturated carbocycles. The molecule has 0 aromatic rings. The van der Waals surface area contributed by atoms with Gasteiger partial charge in [0.1, 0.15) is 54.4 Å². The molecular formula is C40H70N16O16S4. The van der Waals surface area contributed by atoms with Gasteiger partial charge in [0.05, 0.1) is 25.5 Å². The van der Waals surface area contributed by atoms with Crippen LogP contribution in [0.25, 0.3) is 0 Å².